The van der Waals surface area contributed by atoms with Gasteiger partial charge in [-0.15, -0.1) is 0 Å². The molecule has 0 aliphatic carbocycles. The second-order valence-electron chi connectivity index (χ2n) is 4.23. The maximum Gasteiger partial charge on any atom is 0.119 e. The molecule has 0 bridgehead atoms. The molecule has 1 heterocycles. The van der Waals surface area contributed by atoms with Gasteiger partial charge in [0.1, 0.15) is 12.4 Å². The molecule has 92 valence electrons. The Bertz CT molecular complexity index is 348. The summed E-state index contributed by atoms with van der Waals surface area (Å²) in [5.41, 5.74) is 0. The third-order valence-electron chi connectivity index (χ3n) is 2.82. The molecule has 3 heteroatoms. The van der Waals surface area contributed by atoms with Crippen molar-refractivity contribution in [1.82, 2.24) is 5.32 Å². The van der Waals surface area contributed by atoms with Crippen LogP contribution < -0.4 is 10.1 Å². The minimum atomic E-state index is 0.684. The summed E-state index contributed by atoms with van der Waals surface area (Å²) in [5.74, 6) is 2.08. The van der Waals surface area contributed by atoms with Crippen molar-refractivity contribution in [3.05, 3.63) is 30.3 Å². The van der Waals surface area contributed by atoms with Crippen LogP contribution in [0.4, 0.5) is 0 Å². The van der Waals surface area contributed by atoms with E-state index in [2.05, 4.69) is 10.3 Å². The highest BCUT2D eigenvalue weighted by Gasteiger charge is 2.02. The highest BCUT2D eigenvalue weighted by Crippen LogP contribution is 2.08. The zero-order chi connectivity index (χ0) is 11.8. The number of nitrogens with zero attached hydrogens (tertiary/aromatic N) is 1. The first-order valence-corrected chi connectivity index (χ1v) is 6.40. The zero-order valence-corrected chi connectivity index (χ0v) is 10.2. The number of hydrogen-bond acceptors (Lipinski definition) is 3. The minimum absolute atomic E-state index is 0.684. The van der Waals surface area contributed by atoms with E-state index in [1.165, 1.54) is 19.3 Å². The van der Waals surface area contributed by atoms with E-state index in [-0.39, 0.29) is 0 Å². The Morgan fingerprint density at radius 2 is 2.00 bits per heavy atom. The molecule has 17 heavy (non-hydrogen) atoms. The first-order valence-electron chi connectivity index (χ1n) is 6.40. The van der Waals surface area contributed by atoms with Gasteiger partial charge < -0.3 is 10.1 Å². The Morgan fingerprint density at radius 1 is 1.12 bits per heavy atom. The number of amidine groups is 1. The summed E-state index contributed by atoms with van der Waals surface area (Å²) >= 11 is 0. The van der Waals surface area contributed by atoms with Gasteiger partial charge in [-0.2, -0.15) is 0 Å². The normalized spacial score (nSPS) is 15.9. The highest BCUT2D eigenvalue weighted by molar-refractivity contribution is 5.82. The lowest BCUT2D eigenvalue weighted by Gasteiger charge is -2.09. The molecule has 1 aliphatic heterocycles. The summed E-state index contributed by atoms with van der Waals surface area (Å²) in [6.07, 6.45) is 4.87. The number of para-hydroxylation sites is 1. The largest absolute Gasteiger partial charge is 0.492 e. The predicted molar refractivity (Wildman–Crippen MR) is 70.7 cm³/mol. The lowest BCUT2D eigenvalue weighted by molar-refractivity contribution is 0.322. The van der Waals surface area contributed by atoms with Gasteiger partial charge in [0.15, 0.2) is 0 Å². The van der Waals surface area contributed by atoms with Gasteiger partial charge in [0.25, 0.3) is 0 Å². The summed E-state index contributed by atoms with van der Waals surface area (Å²) < 4.78 is 5.61. The van der Waals surface area contributed by atoms with Crippen molar-refractivity contribution in [3.63, 3.8) is 0 Å². The van der Waals surface area contributed by atoms with Crippen LogP contribution in [0.2, 0.25) is 0 Å². The number of hydrogen-bond donors (Lipinski definition) is 1. The molecule has 0 amide bonds. The second-order valence-corrected chi connectivity index (χ2v) is 4.23. The zero-order valence-electron chi connectivity index (χ0n) is 10.2. The monoisotopic (exact) mass is 232 g/mol. The summed E-state index contributed by atoms with van der Waals surface area (Å²) in [7, 11) is 0. The van der Waals surface area contributed by atoms with Gasteiger partial charge in [0, 0.05) is 13.0 Å². The van der Waals surface area contributed by atoms with Crippen LogP contribution in [0.3, 0.4) is 0 Å². The van der Waals surface area contributed by atoms with Gasteiger partial charge in [-0.25, -0.2) is 0 Å². The SMILES string of the molecule is c1ccc(OCCNC2=NCCCCC2)cc1. The van der Waals surface area contributed by atoms with Crippen molar-refractivity contribution < 1.29 is 4.74 Å². The van der Waals surface area contributed by atoms with Gasteiger partial charge >= 0.3 is 0 Å². The molecular weight excluding hydrogens is 212 g/mol. The van der Waals surface area contributed by atoms with E-state index >= 15 is 0 Å². The van der Waals surface area contributed by atoms with Gasteiger partial charge in [-0.1, -0.05) is 24.6 Å². The first kappa shape index (κ1) is 12.0. The Balaban J connectivity index is 1.64. The Morgan fingerprint density at radius 3 is 2.88 bits per heavy atom. The fourth-order valence-electron chi connectivity index (χ4n) is 1.90. The number of rotatable bonds is 4. The fraction of sp³-hybridized carbons (Fsp3) is 0.500. The van der Waals surface area contributed by atoms with Crippen molar-refractivity contribution >= 4 is 5.84 Å². The fourth-order valence-corrected chi connectivity index (χ4v) is 1.90. The molecule has 0 aromatic heterocycles. The number of ether oxygens (including phenoxy) is 1. The van der Waals surface area contributed by atoms with Crippen molar-refractivity contribution in [1.29, 1.82) is 0 Å². The molecule has 0 spiro atoms. The molecule has 0 unspecified atom stereocenters. The summed E-state index contributed by atoms with van der Waals surface area (Å²) in [6.45, 7) is 2.48. The van der Waals surface area contributed by atoms with Gasteiger partial charge in [0.2, 0.25) is 0 Å². The average Bonchev–Trinajstić information content (AvgIpc) is 2.65. The quantitative estimate of drug-likeness (QED) is 0.810. The molecule has 3 nitrogen and oxygen atoms in total. The van der Waals surface area contributed by atoms with E-state index < -0.39 is 0 Å². The average molecular weight is 232 g/mol. The van der Waals surface area contributed by atoms with Gasteiger partial charge in [-0.05, 0) is 25.0 Å². The van der Waals surface area contributed by atoms with E-state index in [1.54, 1.807) is 0 Å². The molecule has 0 radical (unpaired) electrons. The molecule has 1 aromatic rings. The third kappa shape index (κ3) is 4.47. The van der Waals surface area contributed by atoms with E-state index in [9.17, 15) is 0 Å². The molecule has 0 saturated heterocycles. The standard InChI is InChI=1S/C14H20N2O/c1-3-7-13(8-4-1)17-12-11-16-14-9-5-2-6-10-15-14/h1,3-4,7-8H,2,5-6,9-12H2,(H,15,16). The predicted octanol–water partition coefficient (Wildman–Crippen LogP) is 2.63. The van der Waals surface area contributed by atoms with Crippen LogP contribution >= 0.6 is 0 Å². The van der Waals surface area contributed by atoms with Crippen LogP contribution in [0.5, 0.6) is 5.75 Å². The molecule has 0 saturated carbocycles. The molecule has 1 aliphatic rings. The number of benzene rings is 1. The minimum Gasteiger partial charge on any atom is -0.492 e. The maximum atomic E-state index is 5.61. The summed E-state index contributed by atoms with van der Waals surface area (Å²) in [4.78, 5) is 4.52. The molecule has 0 fully saturated rings. The van der Waals surface area contributed by atoms with E-state index in [0.29, 0.717) is 6.61 Å². The first-order chi connectivity index (χ1) is 8.45. The third-order valence-corrected chi connectivity index (χ3v) is 2.82. The van der Waals surface area contributed by atoms with Crippen molar-refractivity contribution in [2.75, 3.05) is 19.7 Å². The van der Waals surface area contributed by atoms with Gasteiger partial charge in [0.05, 0.1) is 12.4 Å². The lowest BCUT2D eigenvalue weighted by atomic mass is 10.2. The van der Waals surface area contributed by atoms with E-state index in [0.717, 1.165) is 31.1 Å². The Kier molecular flexibility index (Phi) is 4.88. The highest BCUT2D eigenvalue weighted by atomic mass is 16.5. The molecule has 1 N–H and O–H groups in total. The molecule has 1 aromatic carbocycles. The molecule has 2 rings (SSSR count). The number of aliphatic imine (C=N–C) groups is 1. The van der Waals surface area contributed by atoms with E-state index in [1.807, 2.05) is 30.3 Å². The molecular formula is C14H20N2O. The van der Waals surface area contributed by atoms with Crippen molar-refractivity contribution in [3.8, 4) is 5.75 Å². The summed E-state index contributed by atoms with van der Waals surface area (Å²) in [5, 5.41) is 3.36. The van der Waals surface area contributed by atoms with Crippen LogP contribution in [0.15, 0.2) is 35.3 Å². The number of nitrogens with one attached hydrogen (secondary N) is 1. The summed E-state index contributed by atoms with van der Waals surface area (Å²) in [6, 6.07) is 9.91. The van der Waals surface area contributed by atoms with E-state index in [4.69, 9.17) is 4.74 Å². The van der Waals surface area contributed by atoms with Gasteiger partial charge in [-0.3, -0.25) is 4.99 Å². The van der Waals surface area contributed by atoms with Crippen LogP contribution in [-0.2, 0) is 0 Å². The second kappa shape index (κ2) is 6.94. The topological polar surface area (TPSA) is 33.6 Å². The Labute approximate surface area is 103 Å². The van der Waals surface area contributed by atoms with Crippen LogP contribution in [0, 0.1) is 0 Å². The Hall–Kier alpha value is -1.51. The van der Waals surface area contributed by atoms with Crippen molar-refractivity contribution in [2.24, 2.45) is 4.99 Å². The smallest absolute Gasteiger partial charge is 0.119 e. The van der Waals surface area contributed by atoms with Crippen LogP contribution in [0.25, 0.3) is 0 Å². The molecule has 0 atom stereocenters. The van der Waals surface area contributed by atoms with Crippen LogP contribution in [-0.4, -0.2) is 25.5 Å². The maximum absolute atomic E-state index is 5.61. The van der Waals surface area contributed by atoms with Crippen LogP contribution in [0.1, 0.15) is 25.7 Å². The van der Waals surface area contributed by atoms with Crippen molar-refractivity contribution in [2.45, 2.75) is 25.7 Å². The lowest BCUT2D eigenvalue weighted by Crippen LogP contribution is -2.28.